The Morgan fingerprint density at radius 3 is 2.46 bits per heavy atom. The second-order valence-electron chi connectivity index (χ2n) is 5.83. The molecular weight excluding hydrogens is 300 g/mol. The third-order valence-corrected chi connectivity index (χ3v) is 4.13. The number of hydrogen-bond donors (Lipinski definition) is 3. The first kappa shape index (κ1) is 17.8. The highest BCUT2D eigenvalue weighted by atomic mass is 16.1. The second kappa shape index (κ2) is 8.34. The van der Waals surface area contributed by atoms with Crippen molar-refractivity contribution in [3.05, 3.63) is 54.1 Å². The molecular formula is C19H24N4O. The average molecular weight is 324 g/mol. The lowest BCUT2D eigenvalue weighted by atomic mass is 9.82. The van der Waals surface area contributed by atoms with Crippen LogP contribution in [0, 0.1) is 10.8 Å². The first-order valence-electron chi connectivity index (χ1n) is 8.34. The molecule has 0 radical (unpaired) electrons. The van der Waals surface area contributed by atoms with Crippen molar-refractivity contribution in [1.82, 2.24) is 9.97 Å². The molecule has 3 N–H and O–H groups in total. The molecule has 1 aromatic heterocycles. The van der Waals surface area contributed by atoms with Gasteiger partial charge in [0.15, 0.2) is 5.78 Å². The third-order valence-electron chi connectivity index (χ3n) is 4.13. The standard InChI is InChI=1S/C19H24N4O/c1-3-8-15(20)16(13-9-6-5-7-10-13)18(24)17(21)14(4-2)19-22-11-12-23-19/h5-7,9-12,14,16,20-21H,3-4,8H2,1-2H3,(H,22,23)/t14-,16+/m0/s1. The lowest BCUT2D eigenvalue weighted by Crippen LogP contribution is -2.31. The van der Waals surface area contributed by atoms with Gasteiger partial charge in [0.2, 0.25) is 0 Å². The number of nitrogens with zero attached hydrogens (tertiary/aromatic N) is 1. The molecule has 2 rings (SSSR count). The van der Waals surface area contributed by atoms with E-state index in [0.717, 1.165) is 12.0 Å². The molecule has 0 saturated carbocycles. The highest BCUT2D eigenvalue weighted by molar-refractivity contribution is 6.46. The number of H-pyrrole nitrogens is 1. The van der Waals surface area contributed by atoms with Crippen LogP contribution >= 0.6 is 0 Å². The maximum atomic E-state index is 13.0. The molecule has 0 spiro atoms. The predicted octanol–water partition coefficient (Wildman–Crippen LogP) is 4.10. The molecule has 0 aliphatic carbocycles. The highest BCUT2D eigenvalue weighted by Crippen LogP contribution is 2.26. The molecule has 126 valence electrons. The van der Waals surface area contributed by atoms with Crippen molar-refractivity contribution in [3.8, 4) is 0 Å². The summed E-state index contributed by atoms with van der Waals surface area (Å²) in [7, 11) is 0. The van der Waals surface area contributed by atoms with Gasteiger partial charge in [-0.3, -0.25) is 4.79 Å². The van der Waals surface area contributed by atoms with Crippen LogP contribution in [0.3, 0.4) is 0 Å². The molecule has 0 bridgehead atoms. The lowest BCUT2D eigenvalue weighted by molar-refractivity contribution is -0.113. The van der Waals surface area contributed by atoms with Gasteiger partial charge in [-0.1, -0.05) is 50.6 Å². The molecule has 0 aliphatic heterocycles. The minimum Gasteiger partial charge on any atom is -0.348 e. The van der Waals surface area contributed by atoms with E-state index in [-0.39, 0.29) is 17.4 Å². The second-order valence-corrected chi connectivity index (χ2v) is 5.83. The van der Waals surface area contributed by atoms with Crippen molar-refractivity contribution < 1.29 is 4.79 Å². The molecule has 0 fully saturated rings. The highest BCUT2D eigenvalue weighted by Gasteiger charge is 2.32. The van der Waals surface area contributed by atoms with Crippen molar-refractivity contribution in [2.45, 2.75) is 44.9 Å². The topological polar surface area (TPSA) is 93.5 Å². The monoisotopic (exact) mass is 324 g/mol. The summed E-state index contributed by atoms with van der Waals surface area (Å²) in [5.41, 5.74) is 1.16. The summed E-state index contributed by atoms with van der Waals surface area (Å²) in [5.74, 6) is -0.719. The van der Waals surface area contributed by atoms with Crippen LogP contribution in [0.15, 0.2) is 42.7 Å². The SMILES string of the molecule is CCCC(=N)[C@H](C(=O)C(=N)[C@H](CC)c1ncc[nH]1)c1ccccc1. The van der Waals surface area contributed by atoms with E-state index in [9.17, 15) is 4.79 Å². The first-order chi connectivity index (χ1) is 11.6. The van der Waals surface area contributed by atoms with E-state index in [1.54, 1.807) is 12.4 Å². The summed E-state index contributed by atoms with van der Waals surface area (Å²) < 4.78 is 0. The van der Waals surface area contributed by atoms with Gasteiger partial charge >= 0.3 is 0 Å². The molecule has 2 atom stereocenters. The number of Topliss-reactive ketones (excluding diaryl/α,β-unsaturated/α-hetero) is 1. The summed E-state index contributed by atoms with van der Waals surface area (Å²) in [4.78, 5) is 20.2. The van der Waals surface area contributed by atoms with Gasteiger partial charge in [-0.05, 0) is 18.4 Å². The van der Waals surface area contributed by atoms with Crippen molar-refractivity contribution in [3.63, 3.8) is 0 Å². The Morgan fingerprint density at radius 1 is 1.21 bits per heavy atom. The van der Waals surface area contributed by atoms with E-state index in [1.165, 1.54) is 0 Å². The van der Waals surface area contributed by atoms with E-state index in [0.29, 0.717) is 24.4 Å². The van der Waals surface area contributed by atoms with Crippen LogP contribution in [0.5, 0.6) is 0 Å². The number of hydrogen-bond acceptors (Lipinski definition) is 4. The van der Waals surface area contributed by atoms with Crippen molar-refractivity contribution in [2.24, 2.45) is 0 Å². The zero-order valence-electron chi connectivity index (χ0n) is 14.2. The number of aromatic nitrogens is 2. The molecule has 0 amide bonds. The fourth-order valence-corrected chi connectivity index (χ4v) is 2.90. The van der Waals surface area contributed by atoms with Gasteiger partial charge in [0, 0.05) is 18.1 Å². The van der Waals surface area contributed by atoms with Crippen molar-refractivity contribution >= 4 is 17.2 Å². The number of imidazole rings is 1. The number of rotatable bonds is 9. The number of aromatic amines is 1. The van der Waals surface area contributed by atoms with Crippen LogP contribution in [0.2, 0.25) is 0 Å². The van der Waals surface area contributed by atoms with Gasteiger partial charge in [0.1, 0.15) is 5.82 Å². The zero-order chi connectivity index (χ0) is 17.5. The van der Waals surface area contributed by atoms with Gasteiger partial charge in [-0.25, -0.2) is 4.98 Å². The van der Waals surface area contributed by atoms with Crippen LogP contribution in [0.4, 0.5) is 0 Å². The van der Waals surface area contributed by atoms with Crippen LogP contribution in [0.1, 0.15) is 56.3 Å². The lowest BCUT2D eigenvalue weighted by Gasteiger charge is -2.21. The summed E-state index contributed by atoms with van der Waals surface area (Å²) in [6, 6.07) is 9.32. The quantitative estimate of drug-likeness (QED) is 0.606. The maximum absolute atomic E-state index is 13.0. The number of nitrogens with one attached hydrogen (secondary N) is 3. The van der Waals surface area contributed by atoms with Gasteiger partial charge in [-0.15, -0.1) is 0 Å². The summed E-state index contributed by atoms with van der Waals surface area (Å²) in [6.07, 6.45) is 5.29. The minimum absolute atomic E-state index is 0.0159. The van der Waals surface area contributed by atoms with Crippen LogP contribution < -0.4 is 0 Å². The molecule has 0 aliphatic rings. The van der Waals surface area contributed by atoms with Crippen molar-refractivity contribution in [1.29, 1.82) is 10.8 Å². The summed E-state index contributed by atoms with van der Waals surface area (Å²) >= 11 is 0. The molecule has 0 unspecified atom stereocenters. The molecule has 5 nitrogen and oxygen atoms in total. The van der Waals surface area contributed by atoms with E-state index < -0.39 is 5.92 Å². The van der Waals surface area contributed by atoms with Gasteiger partial charge in [-0.2, -0.15) is 0 Å². The Bertz CT molecular complexity index is 691. The largest absolute Gasteiger partial charge is 0.348 e. The normalized spacial score (nSPS) is 13.2. The first-order valence-corrected chi connectivity index (χ1v) is 8.34. The Balaban J connectivity index is 2.33. The van der Waals surface area contributed by atoms with Gasteiger partial charge in [0.05, 0.1) is 17.5 Å². The molecule has 0 saturated heterocycles. The number of ketones is 1. The van der Waals surface area contributed by atoms with Gasteiger partial charge in [0.25, 0.3) is 0 Å². The fourth-order valence-electron chi connectivity index (χ4n) is 2.90. The van der Waals surface area contributed by atoms with E-state index in [1.807, 2.05) is 44.2 Å². The fraction of sp³-hybridized carbons (Fsp3) is 0.368. The molecule has 24 heavy (non-hydrogen) atoms. The molecule has 1 aromatic carbocycles. The smallest absolute Gasteiger partial charge is 0.190 e. The van der Waals surface area contributed by atoms with Crippen LogP contribution in [-0.4, -0.2) is 27.2 Å². The Hall–Kier alpha value is -2.56. The number of carbonyl (C=O) groups excluding carboxylic acids is 1. The Morgan fingerprint density at radius 2 is 1.92 bits per heavy atom. The predicted molar refractivity (Wildman–Crippen MR) is 96.2 cm³/mol. The maximum Gasteiger partial charge on any atom is 0.190 e. The number of benzene rings is 1. The van der Waals surface area contributed by atoms with E-state index in [2.05, 4.69) is 9.97 Å². The third kappa shape index (κ3) is 3.85. The minimum atomic E-state index is -0.678. The molecule has 2 aromatic rings. The summed E-state index contributed by atoms with van der Waals surface area (Å²) in [5, 5.41) is 16.8. The summed E-state index contributed by atoms with van der Waals surface area (Å²) in [6.45, 7) is 3.92. The zero-order valence-corrected chi connectivity index (χ0v) is 14.2. The van der Waals surface area contributed by atoms with Crippen LogP contribution in [0.25, 0.3) is 0 Å². The molecule has 5 heteroatoms. The van der Waals surface area contributed by atoms with E-state index in [4.69, 9.17) is 10.8 Å². The van der Waals surface area contributed by atoms with Crippen molar-refractivity contribution in [2.75, 3.05) is 0 Å². The average Bonchev–Trinajstić information content (AvgIpc) is 3.11. The Labute approximate surface area is 142 Å². The van der Waals surface area contributed by atoms with Gasteiger partial charge < -0.3 is 15.8 Å². The Kier molecular flexibility index (Phi) is 6.18. The number of carbonyl (C=O) groups is 1. The van der Waals surface area contributed by atoms with E-state index >= 15 is 0 Å². The molecule has 1 heterocycles. The van der Waals surface area contributed by atoms with Crippen LogP contribution in [-0.2, 0) is 4.79 Å².